The highest BCUT2D eigenvalue weighted by Gasteiger charge is 2.59. The van der Waals surface area contributed by atoms with Gasteiger partial charge in [-0.25, -0.2) is 9.59 Å². The van der Waals surface area contributed by atoms with Gasteiger partial charge in [-0.1, -0.05) is 51.4 Å². The van der Waals surface area contributed by atoms with Gasteiger partial charge in [0, 0.05) is 39.2 Å². The van der Waals surface area contributed by atoms with E-state index in [-0.39, 0.29) is 29.0 Å². The molecule has 0 heterocycles. The molecule has 7 atom stereocenters. The molecule has 4 aliphatic carbocycles. The van der Waals surface area contributed by atoms with E-state index in [1.807, 2.05) is 6.92 Å². The average Bonchev–Trinajstić information content (AvgIpc) is 3.26. The summed E-state index contributed by atoms with van der Waals surface area (Å²) in [7, 11) is 1.30. The van der Waals surface area contributed by atoms with Crippen LogP contribution in [-0.4, -0.2) is 74.4 Å². The minimum Gasteiger partial charge on any atom is -0.465 e. The molecule has 0 aromatic carbocycles. The molecule has 0 unspecified atom stereocenters. The Morgan fingerprint density at radius 1 is 1.05 bits per heavy atom. The molecule has 9 heteroatoms. The minimum atomic E-state index is -1.78. The molecule has 4 rings (SSSR count). The van der Waals surface area contributed by atoms with Gasteiger partial charge >= 0.3 is 12.2 Å². The molecule has 0 aromatic heterocycles. The molecule has 0 aliphatic heterocycles. The SMILES string of the molecule is CC(=NOC(=O)N(C)CCN(C)C(=O)O)[C@H]1CC[C@H]2[C@@H]3CC=C4C[C@@H](O[Si](C)(C)C(C)(C)C)CC[C@]4(C)[C@H]3CC[C@]12C. The smallest absolute Gasteiger partial charge is 0.435 e. The van der Waals surface area contributed by atoms with E-state index in [4.69, 9.17) is 14.4 Å². The Balaban J connectivity index is 1.40. The van der Waals surface area contributed by atoms with E-state index in [1.165, 1.54) is 50.5 Å². The van der Waals surface area contributed by atoms with Crippen molar-refractivity contribution >= 4 is 26.2 Å². The first-order chi connectivity index (χ1) is 19.4. The molecule has 238 valence electrons. The van der Waals surface area contributed by atoms with Gasteiger partial charge in [0.15, 0.2) is 8.32 Å². The van der Waals surface area contributed by atoms with Gasteiger partial charge in [-0.15, -0.1) is 0 Å². The number of carbonyl (C=O) groups is 2. The fraction of sp³-hybridized carbons (Fsp3) is 0.848. The Hall–Kier alpha value is -1.87. The predicted molar refractivity (Wildman–Crippen MR) is 170 cm³/mol. The number of hydrogen-bond acceptors (Lipinski definition) is 5. The summed E-state index contributed by atoms with van der Waals surface area (Å²) in [4.78, 5) is 31.4. The van der Waals surface area contributed by atoms with E-state index in [0.29, 0.717) is 23.9 Å². The third-order valence-corrected chi connectivity index (χ3v) is 17.0. The molecule has 2 amide bonds. The molecule has 3 fully saturated rings. The molecule has 1 N–H and O–H groups in total. The lowest BCUT2D eigenvalue weighted by molar-refractivity contribution is -0.0415. The molecular weight excluding hydrogens is 546 g/mol. The number of allylic oxidation sites excluding steroid dienone is 1. The predicted octanol–water partition coefficient (Wildman–Crippen LogP) is 8.01. The second-order valence-corrected chi connectivity index (χ2v) is 20.6. The fourth-order valence-electron chi connectivity index (χ4n) is 8.74. The summed E-state index contributed by atoms with van der Waals surface area (Å²) in [5.41, 5.74) is 3.03. The Bertz CT molecular complexity index is 1100. The number of carboxylic acid groups (broad SMARTS) is 1. The molecular formula is C33H57N3O5Si. The van der Waals surface area contributed by atoms with Crippen LogP contribution in [0.4, 0.5) is 9.59 Å². The lowest BCUT2D eigenvalue weighted by atomic mass is 9.47. The van der Waals surface area contributed by atoms with Crippen molar-refractivity contribution in [2.24, 2.45) is 39.7 Å². The van der Waals surface area contributed by atoms with Gasteiger partial charge in [-0.2, -0.15) is 0 Å². The van der Waals surface area contributed by atoms with Crippen LogP contribution in [0.1, 0.15) is 92.9 Å². The van der Waals surface area contributed by atoms with Crippen LogP contribution in [0.15, 0.2) is 16.8 Å². The van der Waals surface area contributed by atoms with Gasteiger partial charge in [-0.3, -0.25) is 4.84 Å². The third kappa shape index (κ3) is 6.19. The number of oxime groups is 1. The van der Waals surface area contributed by atoms with Gasteiger partial charge < -0.3 is 19.3 Å². The van der Waals surface area contributed by atoms with Gasteiger partial charge in [-0.05, 0) is 105 Å². The molecule has 4 aliphatic rings. The number of carbonyl (C=O) groups excluding carboxylic acids is 1. The molecule has 3 saturated carbocycles. The first-order valence-electron chi connectivity index (χ1n) is 16.2. The highest BCUT2D eigenvalue weighted by Crippen LogP contribution is 2.66. The second-order valence-electron chi connectivity index (χ2n) is 15.9. The van der Waals surface area contributed by atoms with E-state index in [2.05, 4.69) is 58.9 Å². The zero-order valence-corrected chi connectivity index (χ0v) is 29.0. The quantitative estimate of drug-likeness (QED) is 0.105. The van der Waals surface area contributed by atoms with Crippen molar-refractivity contribution in [3.05, 3.63) is 11.6 Å². The van der Waals surface area contributed by atoms with Crippen LogP contribution in [0.2, 0.25) is 18.1 Å². The Labute approximate surface area is 255 Å². The van der Waals surface area contributed by atoms with E-state index >= 15 is 0 Å². The molecule has 0 bridgehead atoms. The number of nitrogens with zero attached hydrogens (tertiary/aromatic N) is 3. The highest BCUT2D eigenvalue weighted by atomic mass is 28.4. The van der Waals surface area contributed by atoms with E-state index in [0.717, 1.165) is 29.4 Å². The van der Waals surface area contributed by atoms with Gasteiger partial charge in [0.05, 0.1) is 5.71 Å². The first-order valence-corrected chi connectivity index (χ1v) is 19.1. The number of rotatable bonds is 7. The molecule has 0 spiro atoms. The summed E-state index contributed by atoms with van der Waals surface area (Å²) in [6.07, 6.45) is 10.8. The van der Waals surface area contributed by atoms with E-state index in [9.17, 15) is 9.59 Å². The summed E-state index contributed by atoms with van der Waals surface area (Å²) >= 11 is 0. The van der Waals surface area contributed by atoms with Gasteiger partial charge in [0.1, 0.15) is 0 Å². The van der Waals surface area contributed by atoms with Crippen molar-refractivity contribution in [1.82, 2.24) is 9.80 Å². The zero-order valence-electron chi connectivity index (χ0n) is 28.0. The fourth-order valence-corrected chi connectivity index (χ4v) is 10.1. The van der Waals surface area contributed by atoms with Gasteiger partial charge in [0.25, 0.3) is 0 Å². The number of fused-ring (bicyclic) bond motifs is 5. The average molecular weight is 604 g/mol. The summed E-state index contributed by atoms with van der Waals surface area (Å²) in [6.45, 7) is 19.3. The van der Waals surface area contributed by atoms with Crippen molar-refractivity contribution in [2.45, 2.75) is 117 Å². The molecule has 0 aromatic rings. The molecule has 8 nitrogen and oxygen atoms in total. The maximum Gasteiger partial charge on any atom is 0.435 e. The van der Waals surface area contributed by atoms with E-state index < -0.39 is 20.5 Å². The topological polar surface area (TPSA) is 91.7 Å². The lowest BCUT2D eigenvalue weighted by Crippen LogP contribution is -2.52. The second kappa shape index (κ2) is 11.9. The van der Waals surface area contributed by atoms with Crippen molar-refractivity contribution < 1.29 is 24.0 Å². The largest absolute Gasteiger partial charge is 0.465 e. The lowest BCUT2D eigenvalue weighted by Gasteiger charge is -2.58. The minimum absolute atomic E-state index is 0.168. The maximum atomic E-state index is 12.5. The number of amides is 2. The first kappa shape index (κ1) is 33.0. The van der Waals surface area contributed by atoms with Crippen LogP contribution in [0, 0.1) is 34.5 Å². The Morgan fingerprint density at radius 3 is 2.36 bits per heavy atom. The maximum absolute atomic E-state index is 12.5. The zero-order chi connectivity index (χ0) is 31.3. The standard InChI is InChI=1S/C33H57N3O5Si/c1-22(34-40-30(39)36(8)20-19-35(7)29(37)38)26-13-14-27-25-12-11-23-21-24(41-42(9,10)31(2,3)4)15-17-32(23,5)28(25)16-18-33(26,27)6/h11,24-28H,12-21H2,1-10H3,(H,37,38)/t24-,25-,26+,27-,28-,32-,33+/m0/s1. The number of likely N-dealkylation sites (N-methyl/N-ethyl adjacent to an activating group) is 2. The molecule has 0 radical (unpaired) electrons. The summed E-state index contributed by atoms with van der Waals surface area (Å²) in [5, 5.41) is 13.6. The van der Waals surface area contributed by atoms with E-state index in [1.54, 1.807) is 12.6 Å². The van der Waals surface area contributed by atoms with Crippen molar-refractivity contribution in [3.8, 4) is 0 Å². The molecule has 42 heavy (non-hydrogen) atoms. The van der Waals surface area contributed by atoms with Crippen LogP contribution in [-0.2, 0) is 9.26 Å². The highest BCUT2D eigenvalue weighted by molar-refractivity contribution is 6.74. The van der Waals surface area contributed by atoms with Crippen LogP contribution in [0.3, 0.4) is 0 Å². The van der Waals surface area contributed by atoms with Crippen molar-refractivity contribution in [1.29, 1.82) is 0 Å². The summed E-state index contributed by atoms with van der Waals surface area (Å²) < 4.78 is 6.91. The molecule has 0 saturated heterocycles. The van der Waals surface area contributed by atoms with Gasteiger partial charge in [0.2, 0.25) is 0 Å². The normalized spacial score (nSPS) is 35.0. The Morgan fingerprint density at radius 2 is 1.71 bits per heavy atom. The third-order valence-electron chi connectivity index (χ3n) is 12.5. The van der Waals surface area contributed by atoms with Crippen molar-refractivity contribution in [3.63, 3.8) is 0 Å². The monoisotopic (exact) mass is 603 g/mol. The summed E-state index contributed by atoms with van der Waals surface area (Å²) in [5.74, 6) is 2.41. The van der Waals surface area contributed by atoms with Crippen LogP contribution in [0.5, 0.6) is 0 Å². The van der Waals surface area contributed by atoms with Crippen LogP contribution >= 0.6 is 0 Å². The van der Waals surface area contributed by atoms with Crippen LogP contribution in [0.25, 0.3) is 0 Å². The Kier molecular flexibility index (Phi) is 9.36. The van der Waals surface area contributed by atoms with Crippen LogP contribution < -0.4 is 0 Å². The number of hydrogen-bond donors (Lipinski definition) is 1. The summed E-state index contributed by atoms with van der Waals surface area (Å²) in [6, 6.07) is 0. The van der Waals surface area contributed by atoms with Crippen molar-refractivity contribution in [2.75, 3.05) is 27.2 Å².